The maximum absolute atomic E-state index is 13.0. The molecule has 0 bridgehead atoms. The highest BCUT2D eigenvalue weighted by Gasteiger charge is 2.30. The maximum Gasteiger partial charge on any atom is 0.472 e. The SMILES string of the molecule is CCCCCC/C=C\C=C/CCCCCCCC(=O)OC[C@H](COP(=O)(O)OCC(O)COP(=O)(O)OC[C@@H](COC(=O)CCCCCCCCCC(C)C)OC(=O)CCCCCCCCC(C)C)OC(=O)CCCCCCC/C=C\C=C/CCCCCC. The number of esters is 4. The van der Waals surface area contributed by atoms with E-state index >= 15 is 0 Å². The van der Waals surface area contributed by atoms with Gasteiger partial charge in [0, 0.05) is 25.7 Å². The number of unbranched alkanes of at least 4 members (excludes halogenated alkanes) is 29. The fraction of sp³-hybridized carbons (Fsp3) is 0.829. The second-order valence-corrected chi connectivity index (χ2v) is 27.8. The summed E-state index contributed by atoms with van der Waals surface area (Å²) < 4.78 is 68.1. The summed E-state index contributed by atoms with van der Waals surface area (Å²) in [6.45, 7) is 9.25. The van der Waals surface area contributed by atoms with Crippen LogP contribution >= 0.6 is 15.6 Å². The Balaban J connectivity index is 5.31. The molecule has 0 saturated carbocycles. The lowest BCUT2D eigenvalue weighted by Crippen LogP contribution is -2.30. The topological polar surface area (TPSA) is 237 Å². The van der Waals surface area contributed by atoms with Crippen molar-refractivity contribution < 1.29 is 80.2 Å². The molecule has 0 spiro atoms. The number of rotatable bonds is 65. The summed E-state index contributed by atoms with van der Waals surface area (Å²) >= 11 is 0. The van der Waals surface area contributed by atoms with Crippen LogP contribution in [-0.4, -0.2) is 96.7 Å². The zero-order valence-electron chi connectivity index (χ0n) is 56.7. The Hall–Kier alpha value is -2.98. The van der Waals surface area contributed by atoms with E-state index in [1.165, 1.54) is 83.5 Å². The minimum atomic E-state index is -4.97. The third kappa shape index (κ3) is 63.6. The third-order valence-corrected chi connectivity index (χ3v) is 16.9. The van der Waals surface area contributed by atoms with E-state index in [9.17, 15) is 43.2 Å². The summed E-state index contributed by atoms with van der Waals surface area (Å²) in [5.41, 5.74) is 0. The summed E-state index contributed by atoms with van der Waals surface area (Å²) in [5.74, 6) is -0.825. The number of aliphatic hydroxyl groups is 1. The third-order valence-electron chi connectivity index (χ3n) is 15.0. The number of allylic oxidation sites excluding steroid dienone is 8. The van der Waals surface area contributed by atoms with E-state index in [0.717, 1.165) is 128 Å². The average molecular weight is 1300 g/mol. The van der Waals surface area contributed by atoms with Crippen molar-refractivity contribution >= 4 is 39.5 Å². The van der Waals surface area contributed by atoms with Gasteiger partial charge in [-0.1, -0.05) is 251 Å². The molecular formula is C70H128O17P2. The monoisotopic (exact) mass is 1300 g/mol. The Morgan fingerprint density at radius 3 is 0.910 bits per heavy atom. The second kappa shape index (κ2) is 61.2. The molecule has 0 aliphatic rings. The molecule has 0 aliphatic carbocycles. The van der Waals surface area contributed by atoms with Crippen LogP contribution in [0.25, 0.3) is 0 Å². The van der Waals surface area contributed by atoms with Crippen LogP contribution in [0.15, 0.2) is 48.6 Å². The van der Waals surface area contributed by atoms with Crippen LogP contribution < -0.4 is 0 Å². The first kappa shape index (κ1) is 86.0. The van der Waals surface area contributed by atoms with Crippen LogP contribution in [0.2, 0.25) is 0 Å². The molecular weight excluding hydrogens is 1170 g/mol. The van der Waals surface area contributed by atoms with Crippen molar-refractivity contribution in [3.63, 3.8) is 0 Å². The highest BCUT2D eigenvalue weighted by atomic mass is 31.2. The molecule has 3 unspecified atom stereocenters. The van der Waals surface area contributed by atoms with Gasteiger partial charge in [-0.25, -0.2) is 9.13 Å². The predicted octanol–water partition coefficient (Wildman–Crippen LogP) is 19.1. The minimum absolute atomic E-state index is 0.0776. The molecule has 0 aliphatic heterocycles. The molecule has 89 heavy (non-hydrogen) atoms. The zero-order valence-corrected chi connectivity index (χ0v) is 58.5. The van der Waals surface area contributed by atoms with Gasteiger partial charge in [-0.2, -0.15) is 0 Å². The van der Waals surface area contributed by atoms with Gasteiger partial charge in [0.25, 0.3) is 0 Å². The summed E-state index contributed by atoms with van der Waals surface area (Å²) in [6.07, 6.45) is 51.9. The number of phosphoric acid groups is 2. The van der Waals surface area contributed by atoms with E-state index in [1.807, 2.05) is 0 Å². The fourth-order valence-corrected chi connectivity index (χ4v) is 11.1. The summed E-state index contributed by atoms with van der Waals surface area (Å²) in [7, 11) is -9.92. The molecule has 0 heterocycles. The van der Waals surface area contributed by atoms with Gasteiger partial charge in [0.05, 0.1) is 26.4 Å². The molecule has 19 heteroatoms. The normalized spacial score (nSPS) is 14.5. The summed E-state index contributed by atoms with van der Waals surface area (Å²) in [6, 6.07) is 0. The number of ether oxygens (including phenoxy) is 4. The molecule has 3 N–H and O–H groups in total. The number of phosphoric ester groups is 2. The van der Waals surface area contributed by atoms with Crippen molar-refractivity contribution in [2.24, 2.45) is 11.8 Å². The number of hydrogen-bond acceptors (Lipinski definition) is 15. The van der Waals surface area contributed by atoms with E-state index < -0.39 is 97.5 Å². The zero-order chi connectivity index (χ0) is 65.7. The van der Waals surface area contributed by atoms with Gasteiger partial charge in [0.15, 0.2) is 12.2 Å². The van der Waals surface area contributed by atoms with E-state index in [-0.39, 0.29) is 25.7 Å². The number of carbonyl (C=O) groups excluding carboxylic acids is 4. The van der Waals surface area contributed by atoms with Crippen molar-refractivity contribution in [3.8, 4) is 0 Å². The van der Waals surface area contributed by atoms with Crippen molar-refractivity contribution in [2.45, 2.75) is 323 Å². The lowest BCUT2D eigenvalue weighted by molar-refractivity contribution is -0.161. The van der Waals surface area contributed by atoms with E-state index in [0.29, 0.717) is 37.5 Å². The first-order chi connectivity index (χ1) is 42.9. The molecule has 0 aromatic heterocycles. The minimum Gasteiger partial charge on any atom is -0.462 e. The molecule has 5 atom stereocenters. The Morgan fingerprint density at radius 1 is 0.348 bits per heavy atom. The largest absolute Gasteiger partial charge is 0.472 e. The van der Waals surface area contributed by atoms with Gasteiger partial charge in [0.2, 0.25) is 0 Å². The van der Waals surface area contributed by atoms with Crippen LogP contribution in [0.1, 0.15) is 305 Å². The molecule has 0 aromatic rings. The first-order valence-electron chi connectivity index (χ1n) is 35.1. The molecule has 0 fully saturated rings. The van der Waals surface area contributed by atoms with Gasteiger partial charge >= 0.3 is 39.5 Å². The van der Waals surface area contributed by atoms with Crippen molar-refractivity contribution in [3.05, 3.63) is 48.6 Å². The van der Waals surface area contributed by atoms with Gasteiger partial charge in [-0.3, -0.25) is 37.3 Å². The van der Waals surface area contributed by atoms with E-state index in [2.05, 4.69) is 90.2 Å². The molecule has 520 valence electrons. The average Bonchev–Trinajstić information content (AvgIpc) is 3.49. The van der Waals surface area contributed by atoms with Crippen molar-refractivity contribution in [1.29, 1.82) is 0 Å². The van der Waals surface area contributed by atoms with Crippen LogP contribution in [0, 0.1) is 11.8 Å². The van der Waals surface area contributed by atoms with Crippen LogP contribution in [-0.2, 0) is 65.4 Å². The quantitative estimate of drug-likeness (QED) is 0.0169. The molecule has 0 aromatic carbocycles. The highest BCUT2D eigenvalue weighted by molar-refractivity contribution is 7.47. The number of carbonyl (C=O) groups is 4. The molecule has 0 amide bonds. The van der Waals surface area contributed by atoms with Crippen LogP contribution in [0.4, 0.5) is 0 Å². The standard InChI is InChI=1S/C70H128O17P2/c1-7-9-11-13-15-17-19-21-23-25-27-29-33-40-46-52-67(72)80-58-65(86-69(74)54-48-42-34-30-28-26-24-22-20-18-16-14-12-10-8-2)60-84-88(76,77)82-56-64(71)57-83-89(78,79)85-61-66(87-70(75)55-49-43-37-36-39-45-51-63(5)6)59-81-68(73)53-47-41-35-31-32-38-44-50-62(3)4/h17-24,62-66,71H,7-16,25-61H2,1-6H3,(H,76,77)(H,78,79)/b19-17-,20-18-,23-21-,24-22-/t64?,65-,66-/m1/s1. The molecule has 0 radical (unpaired) electrons. The molecule has 0 saturated heterocycles. The smallest absolute Gasteiger partial charge is 0.462 e. The second-order valence-electron chi connectivity index (χ2n) is 24.8. The fourth-order valence-electron chi connectivity index (χ4n) is 9.51. The Kier molecular flexibility index (Phi) is 59.2. The van der Waals surface area contributed by atoms with Gasteiger partial charge in [-0.15, -0.1) is 0 Å². The van der Waals surface area contributed by atoms with Crippen molar-refractivity contribution in [2.75, 3.05) is 39.6 Å². The highest BCUT2D eigenvalue weighted by Crippen LogP contribution is 2.45. The van der Waals surface area contributed by atoms with Crippen LogP contribution in [0.3, 0.4) is 0 Å². The van der Waals surface area contributed by atoms with Crippen LogP contribution in [0.5, 0.6) is 0 Å². The van der Waals surface area contributed by atoms with Gasteiger partial charge in [0.1, 0.15) is 19.3 Å². The lowest BCUT2D eigenvalue weighted by Gasteiger charge is -2.21. The number of hydrogen-bond donors (Lipinski definition) is 3. The molecule has 0 rings (SSSR count). The lowest BCUT2D eigenvalue weighted by atomic mass is 10.0. The van der Waals surface area contributed by atoms with E-state index in [1.54, 1.807) is 0 Å². The Morgan fingerprint density at radius 2 is 0.607 bits per heavy atom. The Labute approximate surface area is 540 Å². The van der Waals surface area contributed by atoms with E-state index in [4.69, 9.17) is 37.0 Å². The summed E-state index contributed by atoms with van der Waals surface area (Å²) in [4.78, 5) is 72.4. The predicted molar refractivity (Wildman–Crippen MR) is 358 cm³/mol. The summed E-state index contributed by atoms with van der Waals surface area (Å²) in [5, 5.41) is 10.6. The van der Waals surface area contributed by atoms with Gasteiger partial charge < -0.3 is 33.8 Å². The Bertz CT molecular complexity index is 1920. The van der Waals surface area contributed by atoms with Crippen molar-refractivity contribution in [1.82, 2.24) is 0 Å². The maximum atomic E-state index is 13.0. The molecule has 17 nitrogen and oxygen atoms in total. The number of aliphatic hydroxyl groups excluding tert-OH is 1. The van der Waals surface area contributed by atoms with Gasteiger partial charge in [-0.05, 0) is 88.9 Å². The first-order valence-corrected chi connectivity index (χ1v) is 38.1.